The minimum absolute atomic E-state index is 0.000598. The van der Waals surface area contributed by atoms with E-state index in [0.29, 0.717) is 27.9 Å². The maximum Gasteiger partial charge on any atom is 0.411 e. The van der Waals surface area contributed by atoms with Gasteiger partial charge in [0.05, 0.1) is 27.9 Å². The van der Waals surface area contributed by atoms with Crippen molar-refractivity contribution in [2.45, 2.75) is 39.5 Å². The summed E-state index contributed by atoms with van der Waals surface area (Å²) in [6, 6.07) is 14.6. The summed E-state index contributed by atoms with van der Waals surface area (Å²) in [4.78, 5) is 31.0. The van der Waals surface area contributed by atoms with Crippen LogP contribution in [0.25, 0.3) is 10.9 Å². The number of rotatable bonds is 10. The number of hydrogen-bond donors (Lipinski definition) is 0. The zero-order valence-corrected chi connectivity index (χ0v) is 24.2. The van der Waals surface area contributed by atoms with Crippen molar-refractivity contribution in [1.82, 2.24) is 14.4 Å². The van der Waals surface area contributed by atoms with E-state index in [0.717, 1.165) is 56.6 Å². The normalized spacial score (nSPS) is 14.2. The van der Waals surface area contributed by atoms with Crippen LogP contribution in [0.4, 0.5) is 10.5 Å². The summed E-state index contributed by atoms with van der Waals surface area (Å²) in [5.41, 5.74) is 1.43. The molecule has 39 heavy (non-hydrogen) atoms. The first kappa shape index (κ1) is 29.1. The molecule has 1 aliphatic rings. The Morgan fingerprint density at radius 3 is 2.51 bits per heavy atom. The molecule has 8 nitrogen and oxygen atoms in total. The number of nitrogens with zero attached hydrogens (tertiary/aromatic N) is 4. The summed E-state index contributed by atoms with van der Waals surface area (Å²) in [7, 11) is 1.67. The van der Waals surface area contributed by atoms with E-state index >= 15 is 0 Å². The zero-order valence-electron chi connectivity index (χ0n) is 22.7. The van der Waals surface area contributed by atoms with E-state index in [2.05, 4.69) is 9.80 Å². The molecule has 3 aromatic rings. The molecule has 0 radical (unpaired) electrons. The van der Waals surface area contributed by atoms with Gasteiger partial charge in [-0.15, -0.1) is 0 Å². The predicted molar refractivity (Wildman–Crippen MR) is 157 cm³/mol. The SMILES string of the molecule is CC(C)N(C)C(=O)OCn1c(=O)ccc2ccc(OCCCCN3CCN(c4cccc(Cl)c4Cl)CC3)cc21. The number of aromatic nitrogens is 1. The second kappa shape index (κ2) is 13.4. The molecule has 210 valence electrons. The predicted octanol–water partition coefficient (Wildman–Crippen LogP) is 5.72. The van der Waals surface area contributed by atoms with E-state index in [1.165, 1.54) is 15.5 Å². The summed E-state index contributed by atoms with van der Waals surface area (Å²) < 4.78 is 12.8. The Hall–Kier alpha value is -2.94. The van der Waals surface area contributed by atoms with Gasteiger partial charge in [0, 0.05) is 51.4 Å². The van der Waals surface area contributed by atoms with Crippen LogP contribution in [0.3, 0.4) is 0 Å². The number of piperazine rings is 1. The van der Waals surface area contributed by atoms with Crippen molar-refractivity contribution in [2.24, 2.45) is 0 Å². The maximum absolute atomic E-state index is 12.5. The second-order valence-corrected chi connectivity index (χ2v) is 10.8. The number of amides is 1. The van der Waals surface area contributed by atoms with Crippen molar-refractivity contribution < 1.29 is 14.3 Å². The van der Waals surface area contributed by atoms with Crippen molar-refractivity contribution in [2.75, 3.05) is 51.3 Å². The van der Waals surface area contributed by atoms with E-state index in [1.807, 2.05) is 50.2 Å². The molecule has 10 heteroatoms. The summed E-state index contributed by atoms with van der Waals surface area (Å²) in [5, 5.41) is 2.08. The van der Waals surface area contributed by atoms with Gasteiger partial charge in [0.1, 0.15) is 5.75 Å². The highest BCUT2D eigenvalue weighted by Gasteiger charge is 2.19. The topological polar surface area (TPSA) is 67.2 Å². The molecule has 0 aliphatic carbocycles. The Kier molecular flexibility index (Phi) is 9.99. The number of carbonyl (C=O) groups is 1. The molecule has 0 bridgehead atoms. The Bertz CT molecular complexity index is 1340. The van der Waals surface area contributed by atoms with Crippen LogP contribution in [0.5, 0.6) is 5.75 Å². The highest BCUT2D eigenvalue weighted by molar-refractivity contribution is 6.43. The molecular weight excluding hydrogens is 539 g/mol. The van der Waals surface area contributed by atoms with Crippen LogP contribution >= 0.6 is 23.2 Å². The van der Waals surface area contributed by atoms with Gasteiger partial charge in [-0.1, -0.05) is 29.3 Å². The average Bonchev–Trinajstić information content (AvgIpc) is 2.93. The lowest BCUT2D eigenvalue weighted by Crippen LogP contribution is -2.46. The summed E-state index contributed by atoms with van der Waals surface area (Å²) in [5.74, 6) is 0.680. The largest absolute Gasteiger partial charge is 0.494 e. The van der Waals surface area contributed by atoms with Crippen molar-refractivity contribution in [3.8, 4) is 5.75 Å². The zero-order chi connectivity index (χ0) is 27.9. The molecule has 2 heterocycles. The van der Waals surface area contributed by atoms with Crippen molar-refractivity contribution >= 4 is 45.9 Å². The lowest BCUT2D eigenvalue weighted by molar-refractivity contribution is 0.0758. The first-order chi connectivity index (χ1) is 18.7. The molecule has 1 amide bonds. The third kappa shape index (κ3) is 7.38. The molecule has 0 saturated carbocycles. The maximum atomic E-state index is 12.5. The molecule has 0 atom stereocenters. The number of halogens is 2. The lowest BCUT2D eigenvalue weighted by Gasteiger charge is -2.36. The van der Waals surface area contributed by atoms with Crippen LogP contribution in [0.2, 0.25) is 10.0 Å². The molecular formula is C29H36Cl2N4O4. The fraction of sp³-hybridized carbons (Fsp3) is 0.448. The van der Waals surface area contributed by atoms with Gasteiger partial charge in [-0.2, -0.15) is 0 Å². The average molecular weight is 576 g/mol. The third-order valence-electron chi connectivity index (χ3n) is 7.13. The Balaban J connectivity index is 1.25. The van der Waals surface area contributed by atoms with Crippen molar-refractivity contribution in [1.29, 1.82) is 0 Å². The molecule has 1 fully saturated rings. The fourth-order valence-electron chi connectivity index (χ4n) is 4.50. The van der Waals surface area contributed by atoms with E-state index in [9.17, 15) is 9.59 Å². The summed E-state index contributed by atoms with van der Waals surface area (Å²) in [6.07, 6.45) is 1.46. The first-order valence-electron chi connectivity index (χ1n) is 13.3. The Morgan fingerprint density at radius 1 is 1.03 bits per heavy atom. The number of benzene rings is 2. The van der Waals surface area contributed by atoms with Crippen LogP contribution < -0.4 is 15.2 Å². The number of hydrogen-bond acceptors (Lipinski definition) is 6. The molecule has 1 aromatic heterocycles. The minimum atomic E-state index is -0.476. The van der Waals surface area contributed by atoms with E-state index in [-0.39, 0.29) is 18.3 Å². The second-order valence-electron chi connectivity index (χ2n) is 10.0. The number of ether oxygens (including phenoxy) is 2. The van der Waals surface area contributed by atoms with Gasteiger partial charge in [0.25, 0.3) is 5.56 Å². The van der Waals surface area contributed by atoms with Gasteiger partial charge in [0.15, 0.2) is 6.73 Å². The monoisotopic (exact) mass is 574 g/mol. The molecule has 2 aromatic carbocycles. The van der Waals surface area contributed by atoms with Crippen LogP contribution in [-0.2, 0) is 11.5 Å². The van der Waals surface area contributed by atoms with Crippen LogP contribution in [0.1, 0.15) is 26.7 Å². The van der Waals surface area contributed by atoms with Crippen LogP contribution in [0, 0.1) is 0 Å². The smallest absolute Gasteiger partial charge is 0.411 e. The molecule has 0 unspecified atom stereocenters. The van der Waals surface area contributed by atoms with E-state index < -0.39 is 6.09 Å². The first-order valence-corrected chi connectivity index (χ1v) is 14.1. The Labute approximate surface area is 239 Å². The third-order valence-corrected chi connectivity index (χ3v) is 7.93. The van der Waals surface area contributed by atoms with E-state index in [4.69, 9.17) is 32.7 Å². The van der Waals surface area contributed by atoms with Gasteiger partial charge in [0.2, 0.25) is 0 Å². The van der Waals surface area contributed by atoms with Gasteiger partial charge in [-0.05, 0) is 69.0 Å². The van der Waals surface area contributed by atoms with Crippen LogP contribution in [0.15, 0.2) is 53.3 Å². The summed E-state index contributed by atoms with van der Waals surface area (Å²) in [6.45, 7) is 9.00. The quantitative estimate of drug-likeness (QED) is 0.288. The number of unbranched alkanes of at least 4 members (excludes halogenated alkanes) is 1. The van der Waals surface area contributed by atoms with Gasteiger partial charge < -0.3 is 19.3 Å². The lowest BCUT2D eigenvalue weighted by atomic mass is 10.2. The van der Waals surface area contributed by atoms with Crippen molar-refractivity contribution in [3.63, 3.8) is 0 Å². The highest BCUT2D eigenvalue weighted by Crippen LogP contribution is 2.32. The molecule has 1 saturated heterocycles. The van der Waals surface area contributed by atoms with E-state index in [1.54, 1.807) is 13.1 Å². The summed E-state index contributed by atoms with van der Waals surface area (Å²) >= 11 is 12.6. The number of anilines is 1. The molecule has 4 rings (SSSR count). The number of carbonyl (C=O) groups excluding carboxylic acids is 1. The minimum Gasteiger partial charge on any atom is -0.494 e. The fourth-order valence-corrected chi connectivity index (χ4v) is 4.91. The highest BCUT2D eigenvalue weighted by atomic mass is 35.5. The Morgan fingerprint density at radius 2 is 1.77 bits per heavy atom. The van der Waals surface area contributed by atoms with Gasteiger partial charge in [-0.3, -0.25) is 14.3 Å². The van der Waals surface area contributed by atoms with Crippen molar-refractivity contribution in [3.05, 3.63) is 68.9 Å². The molecule has 0 N–H and O–H groups in total. The molecule has 1 aliphatic heterocycles. The number of fused-ring (bicyclic) bond motifs is 1. The van der Waals surface area contributed by atoms with Gasteiger partial charge >= 0.3 is 6.09 Å². The van der Waals surface area contributed by atoms with Crippen LogP contribution in [-0.4, -0.2) is 72.9 Å². The molecule has 0 spiro atoms. The number of pyridine rings is 1. The standard InChI is InChI=1S/C29H36Cl2N4O4/c1-21(2)32(3)29(37)39-20-35-26-19-23(11-9-22(26)10-12-27(35)36)38-18-5-4-13-33-14-16-34(17-15-33)25-8-6-7-24(30)28(25)31/h6-12,19,21H,4-5,13-18,20H2,1-3H3. The van der Waals surface area contributed by atoms with Gasteiger partial charge in [-0.25, -0.2) is 4.79 Å².